The van der Waals surface area contributed by atoms with Gasteiger partial charge in [-0.2, -0.15) is 4.98 Å². The van der Waals surface area contributed by atoms with Gasteiger partial charge in [0.25, 0.3) is 5.56 Å². The van der Waals surface area contributed by atoms with Crippen molar-refractivity contribution in [3.05, 3.63) is 35.3 Å². The van der Waals surface area contributed by atoms with Gasteiger partial charge >= 0.3 is 13.6 Å². The molecule has 10 atom stereocenters. The number of ether oxygens (including phenoxy) is 2. The highest BCUT2D eigenvalue weighted by molar-refractivity contribution is 8.44. The quantitative estimate of drug-likeness (QED) is 0.148. The molecule has 0 radical (unpaired) electrons. The first kappa shape index (κ1) is 31.0. The molecule has 2 bridgehead atoms. The second-order valence-electron chi connectivity index (χ2n) is 10.2. The summed E-state index contributed by atoms with van der Waals surface area (Å²) < 4.78 is 94.3. The average molecular weight is 710 g/mol. The number of hydrogen-bond acceptors (Lipinski definition) is 15. The molecule has 3 fully saturated rings. The van der Waals surface area contributed by atoms with Crippen molar-refractivity contribution in [2.24, 2.45) is 0 Å². The maximum atomic E-state index is 16.0. The number of H-pyrrole nitrogens is 1. The molecule has 5 N–H and O–H groups in total. The van der Waals surface area contributed by atoms with Gasteiger partial charge in [-0.15, -0.1) is 0 Å². The number of nitrogens with two attached hydrogens (primary N) is 2. The number of nitrogen functional groups attached to an aromatic ring is 2. The van der Waals surface area contributed by atoms with Crippen molar-refractivity contribution in [1.82, 2.24) is 34.1 Å². The number of rotatable bonds is 2. The minimum atomic E-state index is -4.49. The Balaban J connectivity index is 1.21. The number of halogens is 2. The number of thiol groups is 2. The molecule has 7 heterocycles. The maximum absolute atomic E-state index is 16.0. The number of nitrogens with zero attached hydrogens (tertiary/aromatic N) is 6. The zero-order valence-corrected chi connectivity index (χ0v) is 26.0. The Bertz CT molecular complexity index is 1950. The largest absolute Gasteiger partial charge is 0.397 e. The van der Waals surface area contributed by atoms with Crippen LogP contribution >= 0.6 is 38.1 Å². The minimum Gasteiger partial charge on any atom is -0.397 e. The Kier molecular flexibility index (Phi) is 7.75. The molecule has 24 heteroatoms. The lowest BCUT2D eigenvalue weighted by Gasteiger charge is -2.26. The fourth-order valence-corrected chi connectivity index (χ4v) is 8.25. The van der Waals surface area contributed by atoms with Crippen LogP contribution in [0.3, 0.4) is 0 Å². The topological polar surface area (TPSA) is 236 Å². The van der Waals surface area contributed by atoms with E-state index in [1.54, 1.807) is 0 Å². The second kappa shape index (κ2) is 11.3. The van der Waals surface area contributed by atoms with Crippen molar-refractivity contribution >= 4 is 72.1 Å². The van der Waals surface area contributed by atoms with Crippen molar-refractivity contribution in [1.29, 1.82) is 0 Å². The molecular weight excluding hydrogens is 686 g/mol. The van der Waals surface area contributed by atoms with Gasteiger partial charge in [0, 0.05) is 6.20 Å². The summed E-state index contributed by atoms with van der Waals surface area (Å²) in [6.07, 6.45) is -9.61. The summed E-state index contributed by atoms with van der Waals surface area (Å²) in [4.78, 5) is 30.9. The van der Waals surface area contributed by atoms with Gasteiger partial charge < -0.3 is 20.9 Å². The number of hydrogen-bond donors (Lipinski definition) is 5. The lowest BCUT2D eigenvalue weighted by Crippen LogP contribution is -2.33. The van der Waals surface area contributed by atoms with E-state index in [0.717, 1.165) is 10.9 Å². The number of anilines is 2. The van der Waals surface area contributed by atoms with E-state index in [2.05, 4.69) is 49.4 Å². The number of fused-ring (bicyclic) bond motifs is 5. The van der Waals surface area contributed by atoms with Gasteiger partial charge in [0.1, 0.15) is 29.9 Å². The van der Waals surface area contributed by atoms with Crippen molar-refractivity contribution in [2.75, 3.05) is 24.7 Å². The van der Waals surface area contributed by atoms with Gasteiger partial charge in [-0.05, 0) is 6.07 Å². The molecule has 3 saturated heterocycles. The first-order valence-corrected chi connectivity index (χ1v) is 18.4. The molecule has 0 aromatic carbocycles. The molecule has 0 amide bonds. The molecule has 7 rings (SSSR count). The third-order valence-corrected chi connectivity index (χ3v) is 10.6. The molecule has 4 aromatic rings. The van der Waals surface area contributed by atoms with E-state index >= 15 is 8.78 Å². The van der Waals surface area contributed by atoms with Crippen LogP contribution in [0, 0.1) is 0 Å². The van der Waals surface area contributed by atoms with Crippen LogP contribution in [0.15, 0.2) is 29.7 Å². The molecule has 45 heavy (non-hydrogen) atoms. The summed E-state index contributed by atoms with van der Waals surface area (Å²) in [6, 6.07) is 1.51. The van der Waals surface area contributed by atoms with E-state index in [0.29, 0.717) is 0 Å². The van der Waals surface area contributed by atoms with Gasteiger partial charge in [0.05, 0.1) is 31.6 Å². The lowest BCUT2D eigenvalue weighted by molar-refractivity contribution is -0.0563. The van der Waals surface area contributed by atoms with Crippen molar-refractivity contribution < 1.29 is 45.5 Å². The van der Waals surface area contributed by atoms with Crippen LogP contribution in [0.5, 0.6) is 0 Å². The number of aromatic nitrogens is 7. The molecule has 0 spiro atoms. The van der Waals surface area contributed by atoms with Gasteiger partial charge in [-0.3, -0.25) is 37.0 Å². The highest BCUT2D eigenvalue weighted by Crippen LogP contribution is 2.60. The Morgan fingerprint density at radius 2 is 1.49 bits per heavy atom. The highest BCUT2D eigenvalue weighted by atomic mass is 32.7. The maximum Gasteiger partial charge on any atom is 0.386 e. The van der Waals surface area contributed by atoms with Crippen LogP contribution < -0.4 is 17.0 Å². The summed E-state index contributed by atoms with van der Waals surface area (Å²) in [5.41, 5.74) is 11.4. The van der Waals surface area contributed by atoms with Crippen molar-refractivity contribution in [2.45, 2.75) is 49.2 Å². The summed E-state index contributed by atoms with van der Waals surface area (Å²) in [6.45, 7) is -10.4. The molecule has 3 aliphatic heterocycles. The average Bonchev–Trinajstić information content (AvgIpc) is 3.72. The van der Waals surface area contributed by atoms with Crippen LogP contribution in [-0.4, -0.2) is 84.0 Å². The fourth-order valence-electron chi connectivity index (χ4n) is 5.32. The zero-order valence-electron chi connectivity index (χ0n) is 22.4. The number of aromatic amines is 1. The molecule has 242 valence electrons. The lowest BCUT2D eigenvalue weighted by atomic mass is 10.1. The molecule has 1 unspecified atom stereocenters. The van der Waals surface area contributed by atoms with Crippen LogP contribution in [-0.2, 0) is 36.7 Å². The Morgan fingerprint density at radius 3 is 2.22 bits per heavy atom. The molecule has 3 aliphatic rings. The summed E-state index contributed by atoms with van der Waals surface area (Å²) >= 11 is 7.95. The Hall–Kier alpha value is -2.65. The number of pyridine rings is 1. The third-order valence-electron chi connectivity index (χ3n) is 7.34. The molecule has 4 aromatic heterocycles. The molecular formula is C21H23F2N9O9P2S2. The number of imidazole rings is 2. The Labute approximate surface area is 260 Å². The Morgan fingerprint density at radius 1 is 0.867 bits per heavy atom. The fraction of sp³-hybridized carbons (Fsp3) is 0.476. The standard InChI is InChI=1S/C21H23F2N9O9P2S2/c22-10-8-3-36-42(34,44)40-14-9(39-19(11(14)23)31-5-27-12-7(24)1-2-26-16(12)31)4-37-43(35,45)41-15(10)20(38-8)32-6-28-13-17(32)29-21(25)30-18(13)33/h1-2,5-6,8-11,14-15,19-20H,3-4H2,(H2,24,26)(H,34,44)(H,35,45)(H3,25,29,30,33)/t8-,9-,10+,11+,14-,15-,19-,20-,42-,43?/m1/s1. The highest BCUT2D eigenvalue weighted by Gasteiger charge is 2.54. The normalized spacial score (nSPS) is 37.7. The summed E-state index contributed by atoms with van der Waals surface area (Å²) in [7, 11) is 0. The van der Waals surface area contributed by atoms with E-state index in [9.17, 15) is 13.9 Å². The van der Waals surface area contributed by atoms with E-state index in [1.807, 2.05) is 0 Å². The molecule has 0 saturated carbocycles. The van der Waals surface area contributed by atoms with Crippen LogP contribution in [0.4, 0.5) is 20.4 Å². The van der Waals surface area contributed by atoms with E-state index in [4.69, 9.17) is 39.0 Å². The smallest absolute Gasteiger partial charge is 0.386 e. The van der Waals surface area contributed by atoms with Gasteiger partial charge in [-0.1, -0.05) is 24.5 Å². The predicted octanol–water partition coefficient (Wildman–Crippen LogP) is 2.09. The van der Waals surface area contributed by atoms with Gasteiger partial charge in [-0.25, -0.2) is 32.9 Å². The van der Waals surface area contributed by atoms with E-state index in [1.165, 1.54) is 23.2 Å². The predicted molar refractivity (Wildman–Crippen MR) is 157 cm³/mol. The van der Waals surface area contributed by atoms with E-state index in [-0.39, 0.29) is 34.0 Å². The number of alkyl halides is 2. The van der Waals surface area contributed by atoms with Crippen molar-refractivity contribution in [3.8, 4) is 0 Å². The van der Waals surface area contributed by atoms with Gasteiger partial charge in [0.2, 0.25) is 5.95 Å². The molecule has 0 aliphatic carbocycles. The first-order valence-electron chi connectivity index (χ1n) is 13.0. The summed E-state index contributed by atoms with van der Waals surface area (Å²) in [5.74, 6) is -0.265. The van der Waals surface area contributed by atoms with Crippen LogP contribution in [0.25, 0.3) is 22.3 Å². The van der Waals surface area contributed by atoms with Crippen LogP contribution in [0.2, 0.25) is 0 Å². The van der Waals surface area contributed by atoms with E-state index < -0.39 is 81.6 Å². The number of nitrogens with one attached hydrogen (secondary N) is 1. The van der Waals surface area contributed by atoms with Gasteiger partial charge in [0.15, 0.2) is 41.6 Å². The third kappa shape index (κ3) is 5.56. The molecule has 18 nitrogen and oxygen atoms in total. The van der Waals surface area contributed by atoms with Crippen LogP contribution in [0.1, 0.15) is 12.5 Å². The first-order chi connectivity index (χ1) is 21.3. The minimum absolute atomic E-state index is 0.103. The van der Waals surface area contributed by atoms with Crippen molar-refractivity contribution in [3.63, 3.8) is 0 Å². The zero-order chi connectivity index (χ0) is 31.8. The summed E-state index contributed by atoms with van der Waals surface area (Å²) in [5, 5.41) is 0. The second-order valence-corrected chi connectivity index (χ2v) is 15.9. The SMILES string of the molecule is Nc1nc2c(ncn2[C@@H]2O[C@@H]3CO[P@@](=O)(S)O[C@H]4[C@H](F)[C@H](n5cnc6c(N)ccnc65)O[C@@H]4COP(=O)(S)O[C@@H]2[C@H]3F)c(=O)[nH]1. The monoisotopic (exact) mass is 709 g/mol.